The number of imidazole rings is 2. The summed E-state index contributed by atoms with van der Waals surface area (Å²) >= 11 is 0. The lowest BCUT2D eigenvalue weighted by Crippen LogP contribution is -2.10. The summed E-state index contributed by atoms with van der Waals surface area (Å²) in [5.74, 6) is 1.88. The maximum Gasteiger partial charge on any atom is 0.145 e. The first-order chi connectivity index (χ1) is 69.6. The van der Waals surface area contributed by atoms with Crippen molar-refractivity contribution in [2.45, 2.75) is 26.2 Å². The normalized spacial score (nSPS) is 11.8. The van der Waals surface area contributed by atoms with Crippen molar-refractivity contribution in [3.8, 4) is 118 Å². The lowest BCUT2D eigenvalue weighted by atomic mass is 9.81. The van der Waals surface area contributed by atoms with Gasteiger partial charge in [0.25, 0.3) is 0 Å². The molecular weight excluding hydrogens is 1710 g/mol. The predicted octanol–water partition coefficient (Wildman–Crippen LogP) is 36.3. The fourth-order valence-electron chi connectivity index (χ4n) is 22.1. The summed E-state index contributed by atoms with van der Waals surface area (Å²) in [5.41, 5.74) is 30.7. The molecule has 0 unspecified atom stereocenters. The number of nitrogens with zero attached hydrogens (tertiary/aromatic N) is 6. The van der Waals surface area contributed by atoms with E-state index in [1.54, 1.807) is 0 Å². The van der Waals surface area contributed by atoms with Crippen LogP contribution in [0.25, 0.3) is 259 Å². The van der Waals surface area contributed by atoms with E-state index in [0.717, 1.165) is 67.5 Å². The van der Waals surface area contributed by atoms with Crippen molar-refractivity contribution >= 4 is 141 Å². The molecule has 0 atom stereocenters. The molecular formula is C135H92N6. The van der Waals surface area contributed by atoms with Gasteiger partial charge >= 0.3 is 0 Å². The molecule has 0 fully saturated rings. The smallest absolute Gasteiger partial charge is 0.145 e. The molecule has 4 heterocycles. The van der Waals surface area contributed by atoms with Gasteiger partial charge in [-0.25, -0.2) is 9.97 Å². The van der Waals surface area contributed by atoms with Gasteiger partial charge in [-0.2, -0.15) is 0 Å². The average Bonchev–Trinajstić information content (AvgIpc) is 1.03. The van der Waals surface area contributed by atoms with Gasteiger partial charge in [0.15, 0.2) is 0 Å². The Hall–Kier alpha value is -18.2. The molecule has 6 heteroatoms. The van der Waals surface area contributed by atoms with Crippen LogP contribution in [0.2, 0.25) is 0 Å². The van der Waals surface area contributed by atoms with Gasteiger partial charge < -0.3 is 4.57 Å². The summed E-state index contributed by atoms with van der Waals surface area (Å²) in [4.78, 5) is 14.5. The molecule has 662 valence electrons. The van der Waals surface area contributed by atoms with E-state index in [1.165, 1.54) is 197 Å². The van der Waals surface area contributed by atoms with Crippen molar-refractivity contribution in [1.82, 2.24) is 28.7 Å². The summed E-state index contributed by atoms with van der Waals surface area (Å²) in [7, 11) is 0. The Morgan fingerprint density at radius 2 is 0.539 bits per heavy atom. The van der Waals surface area contributed by atoms with E-state index in [2.05, 4.69) is 519 Å². The number of aromatic nitrogens is 6. The van der Waals surface area contributed by atoms with Crippen LogP contribution in [-0.4, -0.2) is 28.7 Å². The van der Waals surface area contributed by atoms with E-state index < -0.39 is 0 Å². The van der Waals surface area contributed by atoms with Gasteiger partial charge in [-0.3, -0.25) is 14.1 Å². The van der Waals surface area contributed by atoms with E-state index in [0.29, 0.717) is 0 Å². The van der Waals surface area contributed by atoms with Gasteiger partial charge in [0, 0.05) is 51.4 Å². The fraction of sp³-hybridized carbons (Fsp3) is 0.0296. The van der Waals surface area contributed by atoms with Crippen molar-refractivity contribution in [3.05, 3.63) is 509 Å². The SMILES string of the molecule is CC(C)(C)c1cc2ccc3c(-c4ccc(-c5cccnc5)cc4)cc(-c4cccc(-n5c6ccccc6c6ccccc65)c4)c4ccc(c1)c2c34.c1ccc(-c2nc3ccccc3n2-c2ccc(-c3c4ccccc4c(-c4ccc5ccccc5c4)c4ccccc34)cc2)cc1.c1ccc(-n2c(-c3ccc(-c4c5ccccc5c(-c5ccc6ccccc6c5)c5ccccc45)cc3)nc3ccccc32)cc1. The number of benzene rings is 24. The number of pyridine rings is 1. The summed E-state index contributed by atoms with van der Waals surface area (Å²) in [6.45, 7) is 6.90. The van der Waals surface area contributed by atoms with Crippen LogP contribution in [0.3, 0.4) is 0 Å². The highest BCUT2D eigenvalue weighted by molar-refractivity contribution is 6.29. The van der Waals surface area contributed by atoms with Crippen LogP contribution in [0.5, 0.6) is 0 Å². The summed E-state index contributed by atoms with van der Waals surface area (Å²) in [5, 5.41) is 25.4. The molecule has 24 aromatic carbocycles. The third-order valence-electron chi connectivity index (χ3n) is 28.7. The summed E-state index contributed by atoms with van der Waals surface area (Å²) in [6, 6.07) is 178. The minimum Gasteiger partial charge on any atom is -0.309 e. The largest absolute Gasteiger partial charge is 0.309 e. The van der Waals surface area contributed by atoms with E-state index in [1.807, 2.05) is 24.5 Å². The lowest BCUT2D eigenvalue weighted by molar-refractivity contribution is 0.591. The van der Waals surface area contributed by atoms with Gasteiger partial charge in [0.2, 0.25) is 0 Å². The van der Waals surface area contributed by atoms with E-state index in [-0.39, 0.29) is 5.41 Å². The lowest BCUT2D eigenvalue weighted by Gasteiger charge is -2.23. The number of para-hydroxylation sites is 7. The van der Waals surface area contributed by atoms with Crippen molar-refractivity contribution in [3.63, 3.8) is 0 Å². The minimum atomic E-state index is 0.0596. The highest BCUT2D eigenvalue weighted by atomic mass is 15.1. The van der Waals surface area contributed by atoms with Gasteiger partial charge in [-0.1, -0.05) is 415 Å². The Labute approximate surface area is 816 Å². The van der Waals surface area contributed by atoms with Crippen LogP contribution < -0.4 is 0 Å². The highest BCUT2D eigenvalue weighted by Crippen LogP contribution is 2.51. The van der Waals surface area contributed by atoms with E-state index in [9.17, 15) is 0 Å². The van der Waals surface area contributed by atoms with Crippen molar-refractivity contribution < 1.29 is 0 Å². The second-order valence-electron chi connectivity index (χ2n) is 38.0. The molecule has 0 aliphatic carbocycles. The first-order valence-electron chi connectivity index (χ1n) is 48.6. The van der Waals surface area contributed by atoms with Crippen molar-refractivity contribution in [1.29, 1.82) is 0 Å². The van der Waals surface area contributed by atoms with Crippen molar-refractivity contribution in [2.24, 2.45) is 0 Å². The van der Waals surface area contributed by atoms with Crippen molar-refractivity contribution in [2.75, 3.05) is 0 Å². The Kier molecular flexibility index (Phi) is 20.4. The fourth-order valence-corrected chi connectivity index (χ4v) is 22.1. The van der Waals surface area contributed by atoms with Crippen LogP contribution in [0.1, 0.15) is 26.3 Å². The maximum atomic E-state index is 5.09. The molecule has 0 aliphatic heterocycles. The summed E-state index contributed by atoms with van der Waals surface area (Å²) < 4.78 is 6.94. The van der Waals surface area contributed by atoms with Gasteiger partial charge in [-0.05, 0) is 283 Å². The molecule has 0 saturated carbocycles. The zero-order valence-corrected chi connectivity index (χ0v) is 78.1. The first kappa shape index (κ1) is 83.4. The molecule has 0 amide bonds. The quantitative estimate of drug-likeness (QED) is 0.0905. The molecule has 0 aliphatic rings. The van der Waals surface area contributed by atoms with Gasteiger partial charge in [0.1, 0.15) is 11.6 Å². The molecule has 0 spiro atoms. The molecule has 28 rings (SSSR count). The number of hydrogen-bond acceptors (Lipinski definition) is 3. The molecule has 0 saturated heterocycles. The first-order valence-corrected chi connectivity index (χ1v) is 48.6. The standard InChI is InChI=1S/C49H36N2.2C43H28N2/c1-49(2,3)37-26-34-21-23-41-43(32-19-17-31(18-20-32)36-11-9-25-50-30-36)29-44(42-24-22-35(27-37)47(34)48(41)42)33-10-8-12-38(28-33)51-45-15-6-4-13-39(45)40-14-5-7-16-46(40)51;1-2-14-34(15-3-1)45-40-21-11-10-20-39(40)44-43(45)31-25-23-30(24-26-31)41-35-16-6-8-18-37(35)42(38-19-9-7-17-36(38)41)33-27-22-29-12-4-5-13-32(29)28-33;1-2-13-31(14-3-1)43-44-39-20-10-11-21-40(39)45(43)34-26-24-30(25-27-34)41-35-16-6-8-18-37(35)42(38-19-9-7-17-36(38)41)33-23-22-29-12-4-5-15-32(29)28-33/h4-30H,1-3H3;2*1-28H. The van der Waals surface area contributed by atoms with Crippen LogP contribution >= 0.6 is 0 Å². The van der Waals surface area contributed by atoms with Crippen LogP contribution in [-0.2, 0) is 5.41 Å². The minimum absolute atomic E-state index is 0.0596. The molecule has 28 aromatic rings. The summed E-state index contributed by atoms with van der Waals surface area (Å²) in [6.07, 6.45) is 3.75. The molecule has 141 heavy (non-hydrogen) atoms. The Balaban J connectivity index is 0.000000109. The predicted molar refractivity (Wildman–Crippen MR) is 597 cm³/mol. The highest BCUT2D eigenvalue weighted by Gasteiger charge is 2.26. The Morgan fingerprint density at radius 3 is 1.01 bits per heavy atom. The topological polar surface area (TPSA) is 53.5 Å². The molecule has 4 aromatic heterocycles. The zero-order valence-electron chi connectivity index (χ0n) is 78.1. The number of rotatable bonds is 12. The number of hydrogen-bond donors (Lipinski definition) is 0. The molecule has 0 bridgehead atoms. The molecule has 0 N–H and O–H groups in total. The zero-order chi connectivity index (χ0) is 93.8. The molecule has 6 nitrogen and oxygen atoms in total. The van der Waals surface area contributed by atoms with Gasteiger partial charge in [-0.15, -0.1) is 0 Å². The maximum absolute atomic E-state index is 5.09. The molecule has 0 radical (unpaired) electrons. The van der Waals surface area contributed by atoms with Crippen LogP contribution in [0.15, 0.2) is 504 Å². The third-order valence-corrected chi connectivity index (χ3v) is 28.7. The Bertz CT molecular complexity index is 9560. The monoisotopic (exact) mass is 1800 g/mol. The van der Waals surface area contributed by atoms with Crippen LogP contribution in [0, 0.1) is 0 Å². The van der Waals surface area contributed by atoms with Gasteiger partial charge in [0.05, 0.1) is 33.1 Å². The third kappa shape index (κ3) is 14.6. The second kappa shape index (κ2) is 34.5. The Morgan fingerprint density at radius 1 is 0.191 bits per heavy atom. The average molecular weight is 1800 g/mol. The van der Waals surface area contributed by atoms with Crippen LogP contribution in [0.4, 0.5) is 0 Å². The van der Waals surface area contributed by atoms with E-state index >= 15 is 0 Å². The van der Waals surface area contributed by atoms with E-state index in [4.69, 9.17) is 9.97 Å². The second-order valence-corrected chi connectivity index (χ2v) is 38.0. The number of fused-ring (bicyclic) bond motifs is 11.